The average molecular weight is 315 g/mol. The van der Waals surface area contributed by atoms with Crippen LogP contribution in [0.1, 0.15) is 5.56 Å². The number of nitrogen functional groups attached to an aromatic ring is 1. The molecule has 2 N–H and O–H groups in total. The second kappa shape index (κ2) is 7.33. The molecular formula is C15H13N3O3S. The minimum atomic E-state index is -0.831. The number of anilines is 1. The largest absolute Gasteiger partial charge is 0.448 e. The molecule has 0 aliphatic carbocycles. The van der Waals surface area contributed by atoms with Crippen molar-refractivity contribution in [3.05, 3.63) is 52.6 Å². The molecule has 0 bridgehead atoms. The Labute approximate surface area is 131 Å². The molecule has 0 fully saturated rings. The fourth-order valence-corrected chi connectivity index (χ4v) is 2.34. The first kappa shape index (κ1) is 15.7. The standard InChI is InChI=1S/C15H13N3O3S/c1-2-11-10-18(14(19)17-13(11)16)15(20)21-8-9-22-12-6-4-3-5-7-12/h1,3-7,10H,8-9H2,(H2,16,17,19). The van der Waals surface area contributed by atoms with Crippen LogP contribution in [0.5, 0.6) is 0 Å². The SMILES string of the molecule is C#Cc1cn(C(=O)OCCSc2ccccc2)c(=O)nc1N. The average Bonchev–Trinajstić information content (AvgIpc) is 2.52. The number of nitrogens with two attached hydrogens (primary N) is 1. The Morgan fingerprint density at radius 2 is 2.14 bits per heavy atom. The van der Waals surface area contributed by atoms with Crippen molar-refractivity contribution >= 4 is 23.7 Å². The van der Waals surface area contributed by atoms with Crippen LogP contribution in [0.25, 0.3) is 0 Å². The first-order valence-electron chi connectivity index (χ1n) is 6.32. The third-order valence-electron chi connectivity index (χ3n) is 2.63. The Bertz CT molecular complexity index is 766. The third kappa shape index (κ3) is 3.90. The zero-order valence-electron chi connectivity index (χ0n) is 11.6. The maximum atomic E-state index is 11.8. The van der Waals surface area contributed by atoms with Crippen LogP contribution in [-0.4, -0.2) is 28.0 Å². The van der Waals surface area contributed by atoms with Crippen LogP contribution in [0.4, 0.5) is 10.6 Å². The van der Waals surface area contributed by atoms with Gasteiger partial charge in [-0.3, -0.25) is 0 Å². The predicted molar refractivity (Wildman–Crippen MR) is 84.8 cm³/mol. The van der Waals surface area contributed by atoms with E-state index < -0.39 is 11.8 Å². The highest BCUT2D eigenvalue weighted by Gasteiger charge is 2.12. The summed E-state index contributed by atoms with van der Waals surface area (Å²) in [5.41, 5.74) is 4.80. The number of thioether (sulfide) groups is 1. The first-order valence-corrected chi connectivity index (χ1v) is 7.31. The van der Waals surface area contributed by atoms with Gasteiger partial charge in [0.2, 0.25) is 0 Å². The van der Waals surface area contributed by atoms with E-state index in [-0.39, 0.29) is 18.0 Å². The topological polar surface area (TPSA) is 87.2 Å². The van der Waals surface area contributed by atoms with Crippen LogP contribution in [0, 0.1) is 12.3 Å². The van der Waals surface area contributed by atoms with Crippen molar-refractivity contribution in [3.8, 4) is 12.3 Å². The van der Waals surface area contributed by atoms with Crippen molar-refractivity contribution in [2.75, 3.05) is 18.1 Å². The molecule has 22 heavy (non-hydrogen) atoms. The smallest absolute Gasteiger partial charge is 0.422 e. The quantitative estimate of drug-likeness (QED) is 0.524. The maximum Gasteiger partial charge on any atom is 0.422 e. The van der Waals surface area contributed by atoms with E-state index >= 15 is 0 Å². The van der Waals surface area contributed by atoms with Gasteiger partial charge in [0.1, 0.15) is 12.4 Å². The van der Waals surface area contributed by atoms with Gasteiger partial charge in [0, 0.05) is 16.8 Å². The lowest BCUT2D eigenvalue weighted by Gasteiger charge is -2.07. The van der Waals surface area contributed by atoms with Crippen molar-refractivity contribution in [1.82, 2.24) is 9.55 Å². The molecule has 0 saturated carbocycles. The third-order valence-corrected chi connectivity index (χ3v) is 3.61. The molecule has 1 aromatic heterocycles. The summed E-state index contributed by atoms with van der Waals surface area (Å²) in [6.07, 6.45) is 5.53. The van der Waals surface area contributed by atoms with E-state index in [1.807, 2.05) is 30.3 Å². The minimum Gasteiger partial charge on any atom is -0.448 e. The number of carbonyl (C=O) groups is 1. The molecule has 2 aromatic rings. The number of carbonyl (C=O) groups excluding carboxylic acids is 1. The summed E-state index contributed by atoms with van der Waals surface area (Å²) in [7, 11) is 0. The van der Waals surface area contributed by atoms with E-state index in [9.17, 15) is 9.59 Å². The van der Waals surface area contributed by atoms with Crippen molar-refractivity contribution < 1.29 is 9.53 Å². The molecule has 1 aromatic carbocycles. The Hall–Kier alpha value is -2.72. The molecule has 6 nitrogen and oxygen atoms in total. The molecule has 0 aliphatic rings. The van der Waals surface area contributed by atoms with Gasteiger partial charge in [0.05, 0.1) is 5.56 Å². The van der Waals surface area contributed by atoms with E-state index in [4.69, 9.17) is 16.9 Å². The van der Waals surface area contributed by atoms with Crippen LogP contribution in [0.2, 0.25) is 0 Å². The van der Waals surface area contributed by atoms with E-state index in [2.05, 4.69) is 10.9 Å². The van der Waals surface area contributed by atoms with Gasteiger partial charge in [-0.2, -0.15) is 4.98 Å². The van der Waals surface area contributed by atoms with Gasteiger partial charge in [0.15, 0.2) is 0 Å². The number of ether oxygens (including phenoxy) is 1. The van der Waals surface area contributed by atoms with Gasteiger partial charge < -0.3 is 10.5 Å². The predicted octanol–water partition coefficient (Wildman–Crippen LogP) is 1.58. The van der Waals surface area contributed by atoms with Crippen molar-refractivity contribution in [2.45, 2.75) is 4.90 Å². The summed E-state index contributed by atoms with van der Waals surface area (Å²) in [6, 6.07) is 9.69. The molecule has 112 valence electrons. The zero-order valence-corrected chi connectivity index (χ0v) is 12.4. The highest BCUT2D eigenvalue weighted by Crippen LogP contribution is 2.16. The second-order valence-electron chi connectivity index (χ2n) is 4.11. The van der Waals surface area contributed by atoms with Gasteiger partial charge in [0.25, 0.3) is 0 Å². The highest BCUT2D eigenvalue weighted by molar-refractivity contribution is 7.99. The van der Waals surface area contributed by atoms with E-state index in [1.165, 1.54) is 11.8 Å². The summed E-state index contributed by atoms with van der Waals surface area (Å²) in [4.78, 5) is 28.0. The normalized spacial score (nSPS) is 9.95. The number of hydrogen-bond acceptors (Lipinski definition) is 6. The molecule has 0 atom stereocenters. The molecule has 2 rings (SSSR count). The van der Waals surface area contributed by atoms with Gasteiger partial charge in [-0.15, -0.1) is 18.2 Å². The number of terminal acetylenes is 1. The molecule has 0 amide bonds. The van der Waals surface area contributed by atoms with Crippen LogP contribution in [-0.2, 0) is 4.74 Å². The van der Waals surface area contributed by atoms with Gasteiger partial charge in [-0.25, -0.2) is 14.2 Å². The first-order chi connectivity index (χ1) is 10.6. The summed E-state index contributed by atoms with van der Waals surface area (Å²) in [5.74, 6) is 2.72. The Morgan fingerprint density at radius 1 is 1.41 bits per heavy atom. The van der Waals surface area contributed by atoms with Crippen LogP contribution < -0.4 is 11.4 Å². The van der Waals surface area contributed by atoms with Crippen molar-refractivity contribution in [3.63, 3.8) is 0 Å². The lowest BCUT2D eigenvalue weighted by atomic mass is 10.3. The Morgan fingerprint density at radius 3 is 2.82 bits per heavy atom. The number of nitrogens with zero attached hydrogens (tertiary/aromatic N) is 2. The van der Waals surface area contributed by atoms with Crippen molar-refractivity contribution in [2.24, 2.45) is 0 Å². The zero-order chi connectivity index (χ0) is 15.9. The summed E-state index contributed by atoms with van der Waals surface area (Å²) in [5, 5.41) is 0. The van der Waals surface area contributed by atoms with Crippen LogP contribution >= 0.6 is 11.8 Å². The molecule has 0 aliphatic heterocycles. The minimum absolute atomic E-state index is 0.0869. The molecule has 7 heteroatoms. The molecule has 0 saturated heterocycles. The lowest BCUT2D eigenvalue weighted by molar-refractivity contribution is 0.153. The number of hydrogen-bond donors (Lipinski definition) is 1. The maximum absolute atomic E-state index is 11.8. The molecule has 0 spiro atoms. The van der Waals surface area contributed by atoms with E-state index in [1.54, 1.807) is 0 Å². The van der Waals surface area contributed by atoms with E-state index in [0.29, 0.717) is 10.3 Å². The van der Waals surface area contributed by atoms with Crippen LogP contribution in [0.15, 0.2) is 46.2 Å². The fourth-order valence-electron chi connectivity index (χ4n) is 1.58. The summed E-state index contributed by atoms with van der Waals surface area (Å²) < 4.78 is 5.73. The van der Waals surface area contributed by atoms with Crippen molar-refractivity contribution in [1.29, 1.82) is 0 Å². The Kier molecular flexibility index (Phi) is 5.22. The number of rotatable bonds is 4. The lowest BCUT2D eigenvalue weighted by Crippen LogP contribution is -2.31. The molecule has 0 radical (unpaired) electrons. The second-order valence-corrected chi connectivity index (χ2v) is 5.28. The van der Waals surface area contributed by atoms with E-state index in [0.717, 1.165) is 11.1 Å². The Balaban J connectivity index is 1.93. The summed E-state index contributed by atoms with van der Waals surface area (Å²) in [6.45, 7) is 0.153. The molecular weight excluding hydrogens is 302 g/mol. The number of benzene rings is 1. The fraction of sp³-hybridized carbons (Fsp3) is 0.133. The van der Waals surface area contributed by atoms with Gasteiger partial charge >= 0.3 is 11.8 Å². The van der Waals surface area contributed by atoms with Gasteiger partial charge in [-0.1, -0.05) is 24.1 Å². The summed E-state index contributed by atoms with van der Waals surface area (Å²) >= 11 is 1.54. The number of aromatic nitrogens is 2. The van der Waals surface area contributed by atoms with Crippen LogP contribution in [0.3, 0.4) is 0 Å². The van der Waals surface area contributed by atoms with Gasteiger partial charge in [-0.05, 0) is 12.1 Å². The molecule has 0 unspecified atom stereocenters. The molecule has 1 heterocycles. The highest BCUT2D eigenvalue weighted by atomic mass is 32.2. The monoisotopic (exact) mass is 315 g/mol.